The Morgan fingerprint density at radius 2 is 2.06 bits per heavy atom. The molecular weight excluding hydrogens is 241 g/mol. The van der Waals surface area contributed by atoms with Gasteiger partial charge in [-0.05, 0) is 42.5 Å². The van der Waals surface area contributed by atoms with E-state index >= 15 is 0 Å². The SMILES string of the molecule is CC1CCCCC1(N)c1cc(Cl)ccc1Cl. The highest BCUT2D eigenvalue weighted by Crippen LogP contribution is 2.42. The van der Waals surface area contributed by atoms with E-state index in [2.05, 4.69) is 6.92 Å². The van der Waals surface area contributed by atoms with Crippen molar-refractivity contribution in [2.24, 2.45) is 11.7 Å². The molecule has 1 aromatic carbocycles. The molecule has 16 heavy (non-hydrogen) atoms. The lowest BCUT2D eigenvalue weighted by atomic mass is 9.70. The maximum atomic E-state index is 6.55. The Morgan fingerprint density at radius 1 is 1.31 bits per heavy atom. The van der Waals surface area contributed by atoms with Crippen molar-refractivity contribution in [1.29, 1.82) is 0 Å². The number of benzene rings is 1. The highest BCUT2D eigenvalue weighted by molar-refractivity contribution is 6.33. The van der Waals surface area contributed by atoms with E-state index in [1.54, 1.807) is 0 Å². The summed E-state index contributed by atoms with van der Waals surface area (Å²) in [6, 6.07) is 5.57. The Balaban J connectivity index is 2.44. The fourth-order valence-corrected chi connectivity index (χ4v) is 3.09. The number of hydrogen-bond donors (Lipinski definition) is 1. The third-order valence-electron chi connectivity index (χ3n) is 3.79. The van der Waals surface area contributed by atoms with Gasteiger partial charge in [0.1, 0.15) is 0 Å². The fraction of sp³-hybridized carbons (Fsp3) is 0.538. The zero-order valence-corrected chi connectivity index (χ0v) is 11.0. The fourth-order valence-electron chi connectivity index (χ4n) is 2.63. The summed E-state index contributed by atoms with van der Waals surface area (Å²) in [6.07, 6.45) is 4.59. The molecule has 0 aromatic heterocycles. The lowest BCUT2D eigenvalue weighted by Gasteiger charge is -2.40. The van der Waals surface area contributed by atoms with Gasteiger partial charge in [0, 0.05) is 15.6 Å². The van der Waals surface area contributed by atoms with Crippen LogP contribution in [0.1, 0.15) is 38.2 Å². The van der Waals surface area contributed by atoms with Gasteiger partial charge in [-0.15, -0.1) is 0 Å². The molecule has 1 fully saturated rings. The van der Waals surface area contributed by atoms with E-state index < -0.39 is 0 Å². The molecule has 1 aliphatic rings. The van der Waals surface area contributed by atoms with Gasteiger partial charge in [-0.1, -0.05) is 43.0 Å². The third-order valence-corrected chi connectivity index (χ3v) is 4.35. The molecule has 0 heterocycles. The van der Waals surface area contributed by atoms with Crippen LogP contribution in [-0.4, -0.2) is 0 Å². The lowest BCUT2D eigenvalue weighted by Crippen LogP contribution is -2.45. The molecule has 1 aliphatic carbocycles. The van der Waals surface area contributed by atoms with Crippen LogP contribution in [0.25, 0.3) is 0 Å². The molecule has 88 valence electrons. The van der Waals surface area contributed by atoms with Gasteiger partial charge < -0.3 is 5.73 Å². The monoisotopic (exact) mass is 257 g/mol. The zero-order valence-electron chi connectivity index (χ0n) is 9.47. The molecule has 2 unspecified atom stereocenters. The van der Waals surface area contributed by atoms with Gasteiger partial charge in [-0.2, -0.15) is 0 Å². The topological polar surface area (TPSA) is 26.0 Å². The molecule has 2 atom stereocenters. The number of halogens is 2. The second-order valence-corrected chi connectivity index (χ2v) is 5.66. The third kappa shape index (κ3) is 2.09. The van der Waals surface area contributed by atoms with Crippen molar-refractivity contribution in [1.82, 2.24) is 0 Å². The zero-order chi connectivity index (χ0) is 11.8. The molecule has 0 saturated heterocycles. The molecule has 1 nitrogen and oxygen atoms in total. The smallest absolute Gasteiger partial charge is 0.0457 e. The first-order valence-corrected chi connectivity index (χ1v) is 6.54. The summed E-state index contributed by atoms with van der Waals surface area (Å²) < 4.78 is 0. The predicted octanol–water partition coefficient (Wildman–Crippen LogP) is 4.36. The molecule has 0 spiro atoms. The summed E-state index contributed by atoms with van der Waals surface area (Å²) in [5.41, 5.74) is 7.25. The first kappa shape index (κ1) is 12.2. The summed E-state index contributed by atoms with van der Waals surface area (Å²) in [4.78, 5) is 0. The highest BCUT2D eigenvalue weighted by Gasteiger charge is 2.37. The quantitative estimate of drug-likeness (QED) is 0.795. The van der Waals surface area contributed by atoms with E-state index in [9.17, 15) is 0 Å². The van der Waals surface area contributed by atoms with Crippen LogP contribution in [0.15, 0.2) is 18.2 Å². The van der Waals surface area contributed by atoms with E-state index in [0.29, 0.717) is 10.9 Å². The van der Waals surface area contributed by atoms with E-state index in [0.717, 1.165) is 17.0 Å². The van der Waals surface area contributed by atoms with Crippen LogP contribution in [-0.2, 0) is 5.54 Å². The molecule has 0 aliphatic heterocycles. The lowest BCUT2D eigenvalue weighted by molar-refractivity contribution is 0.207. The molecule has 0 amide bonds. The summed E-state index contributed by atoms with van der Waals surface area (Å²) >= 11 is 12.3. The maximum absolute atomic E-state index is 6.55. The summed E-state index contributed by atoms with van der Waals surface area (Å²) in [7, 11) is 0. The van der Waals surface area contributed by atoms with Gasteiger partial charge in [-0.25, -0.2) is 0 Å². The number of nitrogens with two attached hydrogens (primary N) is 1. The maximum Gasteiger partial charge on any atom is 0.0457 e. The van der Waals surface area contributed by atoms with Crippen LogP contribution in [0.4, 0.5) is 0 Å². The van der Waals surface area contributed by atoms with Gasteiger partial charge >= 0.3 is 0 Å². The van der Waals surface area contributed by atoms with Gasteiger partial charge in [0.25, 0.3) is 0 Å². The van der Waals surface area contributed by atoms with Crippen molar-refractivity contribution in [3.05, 3.63) is 33.8 Å². The van der Waals surface area contributed by atoms with Crippen molar-refractivity contribution in [3.63, 3.8) is 0 Å². The van der Waals surface area contributed by atoms with E-state index in [-0.39, 0.29) is 5.54 Å². The molecule has 2 N–H and O–H groups in total. The van der Waals surface area contributed by atoms with Crippen LogP contribution in [0.3, 0.4) is 0 Å². The Bertz CT molecular complexity index is 392. The van der Waals surface area contributed by atoms with Crippen molar-refractivity contribution >= 4 is 23.2 Å². The van der Waals surface area contributed by atoms with E-state index in [1.807, 2.05) is 18.2 Å². The number of rotatable bonds is 1. The Morgan fingerprint density at radius 3 is 2.75 bits per heavy atom. The summed E-state index contributed by atoms with van der Waals surface area (Å²) in [6.45, 7) is 2.20. The van der Waals surface area contributed by atoms with Crippen LogP contribution >= 0.6 is 23.2 Å². The second kappa shape index (κ2) is 4.56. The van der Waals surface area contributed by atoms with Crippen molar-refractivity contribution < 1.29 is 0 Å². The normalized spacial score (nSPS) is 30.4. The highest BCUT2D eigenvalue weighted by atomic mass is 35.5. The molecule has 1 aromatic rings. The standard InChI is InChI=1S/C13H17Cl2N/c1-9-4-2-3-7-13(9,16)11-8-10(14)5-6-12(11)15/h5-6,8-9H,2-4,7,16H2,1H3. The van der Waals surface area contributed by atoms with Gasteiger partial charge in [-0.3, -0.25) is 0 Å². The summed E-state index contributed by atoms with van der Waals surface area (Å²) in [5, 5.41) is 1.45. The van der Waals surface area contributed by atoms with E-state index in [1.165, 1.54) is 19.3 Å². The molecule has 1 saturated carbocycles. The van der Waals surface area contributed by atoms with Crippen LogP contribution in [0.2, 0.25) is 10.0 Å². The van der Waals surface area contributed by atoms with Crippen LogP contribution in [0.5, 0.6) is 0 Å². The van der Waals surface area contributed by atoms with Crippen LogP contribution < -0.4 is 5.73 Å². The van der Waals surface area contributed by atoms with Crippen molar-refractivity contribution in [2.75, 3.05) is 0 Å². The molecule has 2 rings (SSSR count). The minimum Gasteiger partial charge on any atom is -0.321 e. The Hall–Kier alpha value is -0.240. The average Bonchev–Trinajstić information content (AvgIpc) is 2.26. The van der Waals surface area contributed by atoms with Gasteiger partial charge in [0.2, 0.25) is 0 Å². The first-order valence-electron chi connectivity index (χ1n) is 5.78. The van der Waals surface area contributed by atoms with Gasteiger partial charge in [0.05, 0.1) is 0 Å². The second-order valence-electron chi connectivity index (χ2n) is 4.81. The molecule has 3 heteroatoms. The molecule has 0 bridgehead atoms. The average molecular weight is 258 g/mol. The Labute approximate surface area is 107 Å². The largest absolute Gasteiger partial charge is 0.321 e. The van der Waals surface area contributed by atoms with E-state index in [4.69, 9.17) is 28.9 Å². The minimum atomic E-state index is -0.305. The number of hydrogen-bond acceptors (Lipinski definition) is 1. The van der Waals surface area contributed by atoms with Crippen LogP contribution in [0, 0.1) is 5.92 Å². The minimum absolute atomic E-state index is 0.305. The van der Waals surface area contributed by atoms with Crippen molar-refractivity contribution in [2.45, 2.75) is 38.1 Å². The molecular formula is C13H17Cl2N. The van der Waals surface area contributed by atoms with Crippen molar-refractivity contribution in [3.8, 4) is 0 Å². The predicted molar refractivity (Wildman–Crippen MR) is 70.0 cm³/mol. The summed E-state index contributed by atoms with van der Waals surface area (Å²) in [5.74, 6) is 0.456. The Kier molecular flexibility index (Phi) is 3.48. The first-order chi connectivity index (χ1) is 7.54. The molecule has 0 radical (unpaired) electrons. The van der Waals surface area contributed by atoms with Gasteiger partial charge in [0.15, 0.2) is 0 Å².